The van der Waals surface area contributed by atoms with Gasteiger partial charge in [-0.3, -0.25) is 4.40 Å². The van der Waals surface area contributed by atoms with E-state index in [0.29, 0.717) is 18.8 Å². The third kappa shape index (κ3) is 2.71. The second-order valence-electron chi connectivity index (χ2n) is 6.91. The molecule has 1 aliphatic heterocycles. The van der Waals surface area contributed by atoms with Gasteiger partial charge in [-0.25, -0.2) is 9.37 Å². The Balaban J connectivity index is 1.63. The van der Waals surface area contributed by atoms with Crippen LogP contribution in [0.2, 0.25) is 0 Å². The quantitative estimate of drug-likeness (QED) is 0.594. The number of alkyl halides is 1. The average Bonchev–Trinajstić information content (AvgIpc) is 3.13. The number of rotatable bonds is 2. The lowest BCUT2D eigenvalue weighted by Crippen LogP contribution is -2.48. The molecule has 6 nitrogen and oxygen atoms in total. The summed E-state index contributed by atoms with van der Waals surface area (Å²) in [5.41, 5.74) is 9.11. The lowest BCUT2D eigenvalue weighted by Gasteiger charge is -2.34. The number of para-hydroxylation sites is 1. The zero-order valence-corrected chi connectivity index (χ0v) is 14.7. The van der Waals surface area contributed by atoms with E-state index in [1.165, 1.54) is 0 Å². The number of aromatic nitrogens is 4. The van der Waals surface area contributed by atoms with Gasteiger partial charge in [0.25, 0.3) is 0 Å². The van der Waals surface area contributed by atoms with Crippen LogP contribution in [0.5, 0.6) is 0 Å². The molecule has 0 amide bonds. The summed E-state index contributed by atoms with van der Waals surface area (Å²) in [6.45, 7) is 1.01. The van der Waals surface area contributed by atoms with Gasteiger partial charge in [0.2, 0.25) is 0 Å². The largest absolute Gasteiger partial charge is 0.367 e. The smallest absolute Gasteiger partial charge is 0.187 e. The zero-order chi connectivity index (χ0) is 18.4. The number of benzene rings is 1. The van der Waals surface area contributed by atoms with Gasteiger partial charge in [0.1, 0.15) is 11.9 Å². The molecule has 2 N–H and O–H groups in total. The maximum Gasteiger partial charge on any atom is 0.187 e. The summed E-state index contributed by atoms with van der Waals surface area (Å²) in [6.07, 6.45) is 1.52. The first-order valence-electron chi connectivity index (χ1n) is 9.05. The first-order valence-corrected chi connectivity index (χ1v) is 9.05. The van der Waals surface area contributed by atoms with Gasteiger partial charge in [-0.15, -0.1) is 10.2 Å². The Morgan fingerprint density at radius 3 is 2.85 bits per heavy atom. The van der Waals surface area contributed by atoms with Crippen LogP contribution in [0.4, 0.5) is 10.1 Å². The van der Waals surface area contributed by atoms with E-state index in [0.717, 1.165) is 34.5 Å². The lowest BCUT2D eigenvalue weighted by molar-refractivity contribution is 0.251. The lowest BCUT2D eigenvalue weighted by atomic mass is 10.0. The molecule has 0 bridgehead atoms. The van der Waals surface area contributed by atoms with Crippen LogP contribution >= 0.6 is 0 Å². The number of pyridine rings is 2. The SMILES string of the molecule is NC1CCN(c2cccc3ccc(-c4nnc5ccccn45)nc23)CC1F. The van der Waals surface area contributed by atoms with Crippen molar-refractivity contribution in [1.29, 1.82) is 0 Å². The number of anilines is 1. The number of nitrogens with zero attached hydrogens (tertiary/aromatic N) is 5. The molecule has 0 spiro atoms. The van der Waals surface area contributed by atoms with E-state index >= 15 is 0 Å². The molecule has 0 aliphatic carbocycles. The predicted octanol–water partition coefficient (Wildman–Crippen LogP) is 2.82. The van der Waals surface area contributed by atoms with Crippen LogP contribution in [0.25, 0.3) is 28.1 Å². The molecule has 27 heavy (non-hydrogen) atoms. The Morgan fingerprint density at radius 2 is 1.96 bits per heavy atom. The molecule has 1 aliphatic rings. The molecule has 4 aromatic rings. The van der Waals surface area contributed by atoms with Gasteiger partial charge in [-0.2, -0.15) is 0 Å². The summed E-state index contributed by atoms with van der Waals surface area (Å²) < 4.78 is 16.1. The van der Waals surface area contributed by atoms with Crippen molar-refractivity contribution in [2.75, 3.05) is 18.0 Å². The zero-order valence-electron chi connectivity index (χ0n) is 14.7. The summed E-state index contributed by atoms with van der Waals surface area (Å²) in [6, 6.07) is 15.3. The molecule has 0 radical (unpaired) electrons. The fraction of sp³-hybridized carbons (Fsp3) is 0.250. The number of hydrogen-bond donors (Lipinski definition) is 1. The topological polar surface area (TPSA) is 72.3 Å². The molecular weight excluding hydrogens is 343 g/mol. The Morgan fingerprint density at radius 1 is 1.04 bits per heavy atom. The van der Waals surface area contributed by atoms with Crippen molar-refractivity contribution in [2.45, 2.75) is 18.6 Å². The van der Waals surface area contributed by atoms with E-state index in [-0.39, 0.29) is 6.04 Å². The summed E-state index contributed by atoms with van der Waals surface area (Å²) >= 11 is 0. The highest BCUT2D eigenvalue weighted by molar-refractivity contribution is 5.92. The van der Waals surface area contributed by atoms with Gasteiger partial charge in [0.15, 0.2) is 11.5 Å². The summed E-state index contributed by atoms with van der Waals surface area (Å²) in [5, 5.41) is 9.51. The van der Waals surface area contributed by atoms with E-state index in [1.54, 1.807) is 0 Å². The minimum Gasteiger partial charge on any atom is -0.367 e. The van der Waals surface area contributed by atoms with Crippen LogP contribution < -0.4 is 10.6 Å². The predicted molar refractivity (Wildman–Crippen MR) is 103 cm³/mol. The van der Waals surface area contributed by atoms with Crippen molar-refractivity contribution >= 4 is 22.2 Å². The van der Waals surface area contributed by atoms with Crippen LogP contribution in [-0.4, -0.2) is 44.9 Å². The fourth-order valence-electron chi connectivity index (χ4n) is 3.67. The first-order chi connectivity index (χ1) is 13.2. The molecule has 2 atom stereocenters. The first kappa shape index (κ1) is 16.1. The Hall–Kier alpha value is -3.06. The molecule has 1 aromatic carbocycles. The minimum absolute atomic E-state index is 0.292. The molecule has 136 valence electrons. The summed E-state index contributed by atoms with van der Waals surface area (Å²) in [5.74, 6) is 0.686. The number of hydrogen-bond acceptors (Lipinski definition) is 5. The van der Waals surface area contributed by atoms with Gasteiger partial charge in [0, 0.05) is 24.2 Å². The molecule has 7 heteroatoms. The van der Waals surface area contributed by atoms with E-state index in [1.807, 2.05) is 64.0 Å². The van der Waals surface area contributed by atoms with Crippen LogP contribution in [0.15, 0.2) is 54.7 Å². The number of fused-ring (bicyclic) bond motifs is 2. The maximum atomic E-state index is 14.2. The maximum absolute atomic E-state index is 14.2. The Kier molecular flexibility index (Phi) is 3.75. The molecule has 3 aromatic heterocycles. The average molecular weight is 362 g/mol. The standard InChI is InChI=1S/C20H19FN6/c21-14-12-26(11-9-15(14)22)17-5-3-4-13-7-8-16(23-19(13)17)20-25-24-18-6-1-2-10-27(18)20/h1-8,10,14-15H,9,11-12,22H2. The van der Waals surface area contributed by atoms with Crippen molar-refractivity contribution in [2.24, 2.45) is 5.73 Å². The van der Waals surface area contributed by atoms with Crippen LogP contribution in [0.1, 0.15) is 6.42 Å². The monoisotopic (exact) mass is 362 g/mol. The number of halogens is 1. The molecule has 0 saturated carbocycles. The van der Waals surface area contributed by atoms with Crippen LogP contribution in [0.3, 0.4) is 0 Å². The number of piperidine rings is 1. The fourth-order valence-corrected chi connectivity index (χ4v) is 3.67. The van der Waals surface area contributed by atoms with E-state index in [4.69, 9.17) is 10.7 Å². The van der Waals surface area contributed by atoms with E-state index < -0.39 is 6.17 Å². The van der Waals surface area contributed by atoms with E-state index in [2.05, 4.69) is 10.2 Å². The second-order valence-corrected chi connectivity index (χ2v) is 6.91. The molecule has 5 rings (SSSR count). The highest BCUT2D eigenvalue weighted by Crippen LogP contribution is 2.30. The van der Waals surface area contributed by atoms with Crippen molar-refractivity contribution in [3.63, 3.8) is 0 Å². The Labute approximate surface area is 155 Å². The van der Waals surface area contributed by atoms with Gasteiger partial charge in [0.05, 0.1) is 17.7 Å². The molecule has 1 fully saturated rings. The highest BCUT2D eigenvalue weighted by Gasteiger charge is 2.27. The minimum atomic E-state index is -1.03. The van der Waals surface area contributed by atoms with Gasteiger partial charge in [-0.05, 0) is 30.7 Å². The normalized spacial score (nSPS) is 20.4. The van der Waals surface area contributed by atoms with Crippen LogP contribution in [0, 0.1) is 0 Å². The van der Waals surface area contributed by atoms with Gasteiger partial charge in [-0.1, -0.05) is 24.3 Å². The van der Waals surface area contributed by atoms with Crippen LogP contribution in [-0.2, 0) is 0 Å². The van der Waals surface area contributed by atoms with Crippen molar-refractivity contribution < 1.29 is 4.39 Å². The molecule has 2 unspecified atom stereocenters. The van der Waals surface area contributed by atoms with Crippen molar-refractivity contribution in [3.05, 3.63) is 54.7 Å². The Bertz CT molecular complexity index is 1120. The third-order valence-electron chi connectivity index (χ3n) is 5.17. The highest BCUT2D eigenvalue weighted by atomic mass is 19.1. The van der Waals surface area contributed by atoms with Crippen molar-refractivity contribution in [1.82, 2.24) is 19.6 Å². The van der Waals surface area contributed by atoms with Crippen molar-refractivity contribution in [3.8, 4) is 11.5 Å². The molecule has 1 saturated heterocycles. The number of nitrogens with two attached hydrogens (primary N) is 1. The molecule has 4 heterocycles. The summed E-state index contributed by atoms with van der Waals surface area (Å²) in [7, 11) is 0. The van der Waals surface area contributed by atoms with E-state index in [9.17, 15) is 4.39 Å². The third-order valence-corrected chi connectivity index (χ3v) is 5.17. The van der Waals surface area contributed by atoms with Gasteiger partial charge < -0.3 is 10.6 Å². The van der Waals surface area contributed by atoms with Gasteiger partial charge >= 0.3 is 0 Å². The molecular formula is C20H19FN6. The second kappa shape index (κ2) is 6.28. The summed E-state index contributed by atoms with van der Waals surface area (Å²) in [4.78, 5) is 6.91.